The maximum Gasteiger partial charge on any atom is 0.305 e. The molecule has 2 heterocycles. The summed E-state index contributed by atoms with van der Waals surface area (Å²) in [6, 6.07) is 17.6. The first kappa shape index (κ1) is 32.0. The van der Waals surface area contributed by atoms with Crippen molar-refractivity contribution >= 4 is 23.5 Å². The Hall–Kier alpha value is -4.40. The van der Waals surface area contributed by atoms with Crippen molar-refractivity contribution in [2.24, 2.45) is 16.3 Å². The fraction of sp³-hybridized carbons (Fsp3) is 0.417. The number of benzene rings is 2. The van der Waals surface area contributed by atoms with Crippen molar-refractivity contribution in [1.29, 1.82) is 0 Å². The molecule has 1 aliphatic heterocycles. The Balaban J connectivity index is 1.48. The van der Waals surface area contributed by atoms with Gasteiger partial charge in [0.05, 0.1) is 12.5 Å². The predicted molar refractivity (Wildman–Crippen MR) is 171 cm³/mol. The molecule has 3 aromatic rings. The Morgan fingerprint density at radius 2 is 1.71 bits per heavy atom. The molecule has 9 heteroatoms. The van der Waals surface area contributed by atoms with Gasteiger partial charge in [-0.05, 0) is 84.4 Å². The summed E-state index contributed by atoms with van der Waals surface area (Å²) >= 11 is 0. The highest BCUT2D eigenvalue weighted by Crippen LogP contribution is 2.49. The second-order valence-corrected chi connectivity index (χ2v) is 13.2. The van der Waals surface area contributed by atoms with E-state index in [1.54, 1.807) is 18.2 Å². The zero-order valence-corrected chi connectivity index (χ0v) is 26.3. The number of nitrogens with zero attached hydrogens (tertiary/aromatic N) is 3. The van der Waals surface area contributed by atoms with E-state index in [9.17, 15) is 18.8 Å². The first-order chi connectivity index (χ1) is 21.4. The van der Waals surface area contributed by atoms with Gasteiger partial charge in [0.15, 0.2) is 0 Å². The second-order valence-electron chi connectivity index (χ2n) is 13.2. The average molecular weight is 613 g/mol. The molecule has 1 spiro atoms. The van der Waals surface area contributed by atoms with Crippen LogP contribution in [0.2, 0.25) is 0 Å². The molecule has 8 nitrogen and oxygen atoms in total. The molecule has 0 radical (unpaired) electrons. The normalized spacial score (nSPS) is 20.6. The highest BCUT2D eigenvalue weighted by Gasteiger charge is 2.52. The molecular formula is C36H41FN4O4. The number of halogens is 1. The van der Waals surface area contributed by atoms with Gasteiger partial charge in [-0.1, -0.05) is 58.0 Å². The molecule has 1 unspecified atom stereocenters. The van der Waals surface area contributed by atoms with Crippen LogP contribution in [-0.2, 0) is 9.59 Å². The van der Waals surface area contributed by atoms with Crippen LogP contribution in [0, 0.1) is 17.3 Å². The SMILES string of the molecule is CCC(c1ccc(C(=O)NCCC(=O)O)cc1)N1C(=O)C(c2cccc(-c3ccnc(F)c3)c2)=NC12CCC(C(C)(C)C)CC2. The number of hydrogen-bond donors (Lipinski definition) is 2. The van der Waals surface area contributed by atoms with Crippen molar-refractivity contribution in [3.05, 3.63) is 89.5 Å². The molecule has 1 saturated carbocycles. The van der Waals surface area contributed by atoms with Crippen LogP contribution < -0.4 is 5.32 Å². The molecule has 2 aliphatic rings. The van der Waals surface area contributed by atoms with Gasteiger partial charge in [-0.15, -0.1) is 0 Å². The molecule has 236 valence electrons. The van der Waals surface area contributed by atoms with Crippen molar-refractivity contribution < 1.29 is 23.9 Å². The molecule has 1 aromatic heterocycles. The van der Waals surface area contributed by atoms with E-state index in [2.05, 4.69) is 38.0 Å². The first-order valence-corrected chi connectivity index (χ1v) is 15.7. The molecule has 1 fully saturated rings. The zero-order chi connectivity index (χ0) is 32.4. The van der Waals surface area contributed by atoms with Crippen LogP contribution in [0.5, 0.6) is 0 Å². The molecular weight excluding hydrogens is 571 g/mol. The number of carboxylic acid groups (broad SMARTS) is 1. The van der Waals surface area contributed by atoms with Crippen molar-refractivity contribution in [3.63, 3.8) is 0 Å². The minimum Gasteiger partial charge on any atom is -0.481 e. The smallest absolute Gasteiger partial charge is 0.305 e. The Labute approximate surface area is 263 Å². The number of rotatable bonds is 9. The maximum absolute atomic E-state index is 14.5. The number of pyridine rings is 1. The summed E-state index contributed by atoms with van der Waals surface area (Å²) in [6.45, 7) is 8.90. The summed E-state index contributed by atoms with van der Waals surface area (Å²) in [5.74, 6) is -1.50. The molecule has 5 rings (SSSR count). The van der Waals surface area contributed by atoms with Crippen LogP contribution in [0.15, 0.2) is 71.9 Å². The van der Waals surface area contributed by atoms with Crippen LogP contribution in [-0.4, -0.2) is 50.7 Å². The van der Waals surface area contributed by atoms with E-state index < -0.39 is 17.6 Å². The molecule has 1 atom stereocenters. The minimum atomic E-state index is -0.975. The lowest BCUT2D eigenvalue weighted by Crippen LogP contribution is -2.51. The average Bonchev–Trinajstić information content (AvgIpc) is 3.28. The standard InChI is InChI=1S/C36H41FN4O4/c1-5-29(23-9-11-24(12-10-23)33(44)39-20-16-31(42)43)41-34(45)32(40-36(41)17-13-28(14-18-36)35(2,3)4)27-8-6-7-25(21-27)26-15-19-38-30(37)22-26/h6-12,15,19,21-22,28-29H,5,13-14,16-18,20H2,1-4H3,(H,39,44)(H,42,43). The van der Waals surface area contributed by atoms with Gasteiger partial charge >= 0.3 is 5.97 Å². The topological polar surface area (TPSA) is 112 Å². The van der Waals surface area contributed by atoms with Gasteiger partial charge in [0, 0.05) is 29.9 Å². The van der Waals surface area contributed by atoms with Gasteiger partial charge in [-0.3, -0.25) is 19.4 Å². The van der Waals surface area contributed by atoms with Gasteiger partial charge < -0.3 is 15.3 Å². The van der Waals surface area contributed by atoms with Crippen LogP contribution in [0.4, 0.5) is 4.39 Å². The molecule has 2 N–H and O–H groups in total. The second kappa shape index (κ2) is 12.9. The van der Waals surface area contributed by atoms with E-state index >= 15 is 0 Å². The Morgan fingerprint density at radius 1 is 1.04 bits per heavy atom. The van der Waals surface area contributed by atoms with Crippen molar-refractivity contribution in [1.82, 2.24) is 15.2 Å². The molecule has 2 aromatic carbocycles. The third kappa shape index (κ3) is 6.82. The van der Waals surface area contributed by atoms with E-state index in [1.165, 1.54) is 12.3 Å². The number of amides is 2. The summed E-state index contributed by atoms with van der Waals surface area (Å²) in [5, 5.41) is 11.5. The monoisotopic (exact) mass is 612 g/mol. The van der Waals surface area contributed by atoms with Crippen LogP contribution in [0.3, 0.4) is 0 Å². The van der Waals surface area contributed by atoms with E-state index in [4.69, 9.17) is 10.1 Å². The van der Waals surface area contributed by atoms with Crippen molar-refractivity contribution in [3.8, 4) is 11.1 Å². The van der Waals surface area contributed by atoms with Crippen LogP contribution in [0.1, 0.15) is 93.7 Å². The number of carbonyl (C=O) groups is 3. The van der Waals surface area contributed by atoms with Gasteiger partial charge in [0.2, 0.25) is 5.95 Å². The number of carbonyl (C=O) groups excluding carboxylic acids is 2. The lowest BCUT2D eigenvalue weighted by Gasteiger charge is -2.47. The Kier molecular flexibility index (Phi) is 9.18. The molecule has 1 aliphatic carbocycles. The molecule has 0 bridgehead atoms. The number of aliphatic carboxylic acids is 1. The zero-order valence-electron chi connectivity index (χ0n) is 26.3. The third-order valence-electron chi connectivity index (χ3n) is 9.28. The lowest BCUT2D eigenvalue weighted by atomic mass is 9.69. The summed E-state index contributed by atoms with van der Waals surface area (Å²) in [6.07, 6.45) is 5.33. The summed E-state index contributed by atoms with van der Waals surface area (Å²) in [7, 11) is 0. The van der Waals surface area contributed by atoms with Crippen molar-refractivity contribution in [2.45, 2.75) is 77.9 Å². The highest BCUT2D eigenvalue weighted by atomic mass is 19.1. The van der Waals surface area contributed by atoms with Crippen molar-refractivity contribution in [2.75, 3.05) is 6.54 Å². The Bertz CT molecular complexity index is 1600. The third-order valence-corrected chi connectivity index (χ3v) is 9.28. The van der Waals surface area contributed by atoms with Gasteiger partial charge in [-0.25, -0.2) is 4.98 Å². The van der Waals surface area contributed by atoms with E-state index in [1.807, 2.05) is 41.3 Å². The van der Waals surface area contributed by atoms with Crippen LogP contribution >= 0.6 is 0 Å². The quantitative estimate of drug-likeness (QED) is 0.258. The molecule has 45 heavy (non-hydrogen) atoms. The first-order valence-electron chi connectivity index (χ1n) is 15.7. The number of aliphatic imine (C=N–C) groups is 1. The highest BCUT2D eigenvalue weighted by molar-refractivity contribution is 6.47. The number of hydrogen-bond acceptors (Lipinski definition) is 5. The molecule has 0 saturated heterocycles. The number of nitrogens with one attached hydrogen (secondary N) is 1. The van der Waals surface area contributed by atoms with Gasteiger partial charge in [0.25, 0.3) is 11.8 Å². The number of carboxylic acids is 1. The fourth-order valence-electron chi connectivity index (χ4n) is 6.77. The number of aromatic nitrogens is 1. The maximum atomic E-state index is 14.5. The van der Waals surface area contributed by atoms with Gasteiger partial charge in [-0.2, -0.15) is 4.39 Å². The van der Waals surface area contributed by atoms with E-state index in [0.717, 1.165) is 36.8 Å². The lowest BCUT2D eigenvalue weighted by molar-refractivity contribution is -0.137. The minimum absolute atomic E-state index is 0.0469. The summed E-state index contributed by atoms with van der Waals surface area (Å²) < 4.78 is 13.9. The largest absolute Gasteiger partial charge is 0.481 e. The van der Waals surface area contributed by atoms with E-state index in [-0.39, 0.29) is 36.2 Å². The predicted octanol–water partition coefficient (Wildman–Crippen LogP) is 6.81. The fourth-order valence-corrected chi connectivity index (χ4v) is 6.77. The van der Waals surface area contributed by atoms with Crippen LogP contribution in [0.25, 0.3) is 11.1 Å². The summed E-state index contributed by atoms with van der Waals surface area (Å²) in [5.41, 5.74) is 3.34. The Morgan fingerprint density at radius 3 is 2.33 bits per heavy atom. The summed E-state index contributed by atoms with van der Waals surface area (Å²) in [4.78, 5) is 48.8. The molecule has 2 amide bonds. The van der Waals surface area contributed by atoms with Gasteiger partial charge in [0.1, 0.15) is 11.4 Å². The van der Waals surface area contributed by atoms with E-state index in [0.29, 0.717) is 34.7 Å².